The van der Waals surface area contributed by atoms with Gasteiger partial charge in [-0.25, -0.2) is 0 Å². The molecule has 0 unspecified atom stereocenters. The van der Waals surface area contributed by atoms with Gasteiger partial charge < -0.3 is 10.1 Å². The zero-order valence-corrected chi connectivity index (χ0v) is 10.1. The molecule has 0 spiro atoms. The molecular weight excluding hydrogens is 230 g/mol. The van der Waals surface area contributed by atoms with Crippen molar-refractivity contribution >= 4 is 23.1 Å². The maximum Gasteiger partial charge on any atom is 0.261 e. The molecule has 86 valence electrons. The van der Waals surface area contributed by atoms with Crippen LogP contribution in [0.4, 0.5) is 5.69 Å². The molecule has 0 aromatic heterocycles. The molecule has 2 rings (SSSR count). The van der Waals surface area contributed by atoms with Crippen LogP contribution in [0.5, 0.6) is 0 Å². The molecule has 0 aliphatic carbocycles. The first kappa shape index (κ1) is 11.6. The molecule has 0 radical (unpaired) electrons. The van der Waals surface area contributed by atoms with Crippen molar-refractivity contribution in [3.63, 3.8) is 0 Å². The number of hydrogen-bond donors (Lipinski definition) is 1. The minimum atomic E-state index is 0.389. The first-order valence-electron chi connectivity index (χ1n) is 5.37. The van der Waals surface area contributed by atoms with E-state index in [9.17, 15) is 0 Å². The van der Waals surface area contributed by atoms with E-state index in [4.69, 9.17) is 17.0 Å². The second kappa shape index (κ2) is 6.01. The molecule has 1 N–H and O–H groups in total. The molecular formula is C14H13NOS. The normalized spacial score (nSPS) is 9.65. The van der Waals surface area contributed by atoms with Crippen LogP contribution >= 0.6 is 12.2 Å². The number of para-hydroxylation sites is 1. The van der Waals surface area contributed by atoms with E-state index in [0.717, 1.165) is 11.3 Å². The van der Waals surface area contributed by atoms with Gasteiger partial charge in [0.05, 0.1) is 0 Å². The van der Waals surface area contributed by atoms with Gasteiger partial charge in [-0.05, 0) is 29.9 Å². The lowest BCUT2D eigenvalue weighted by atomic mass is 10.2. The Hall–Kier alpha value is -1.87. The first-order valence-corrected chi connectivity index (χ1v) is 5.78. The van der Waals surface area contributed by atoms with Gasteiger partial charge in [-0.3, -0.25) is 0 Å². The predicted molar refractivity (Wildman–Crippen MR) is 73.9 cm³/mol. The molecule has 0 bridgehead atoms. The maximum atomic E-state index is 5.45. The Bertz CT molecular complexity index is 470. The highest BCUT2D eigenvalue weighted by Gasteiger charge is 1.98. The van der Waals surface area contributed by atoms with E-state index in [1.807, 2.05) is 60.7 Å². The van der Waals surface area contributed by atoms with Gasteiger partial charge in [-0.1, -0.05) is 48.5 Å². The molecule has 0 fully saturated rings. The van der Waals surface area contributed by atoms with Crippen molar-refractivity contribution in [3.05, 3.63) is 66.2 Å². The molecule has 0 atom stereocenters. The third-order valence-corrected chi connectivity index (χ3v) is 2.45. The summed E-state index contributed by atoms with van der Waals surface area (Å²) in [6, 6.07) is 19.7. The zero-order chi connectivity index (χ0) is 11.9. The SMILES string of the molecule is S=C(Nc1ccccc1)OCc1ccccc1. The van der Waals surface area contributed by atoms with Gasteiger partial charge in [0, 0.05) is 5.69 Å². The van der Waals surface area contributed by atoms with Gasteiger partial charge in [0.2, 0.25) is 0 Å². The maximum absolute atomic E-state index is 5.45. The fraction of sp³-hybridized carbons (Fsp3) is 0.0714. The van der Waals surface area contributed by atoms with Gasteiger partial charge in [0.1, 0.15) is 6.61 Å². The minimum absolute atomic E-state index is 0.389. The summed E-state index contributed by atoms with van der Waals surface area (Å²) in [5.41, 5.74) is 2.04. The number of thiocarbonyl (C=S) groups is 1. The molecule has 0 aliphatic heterocycles. The van der Waals surface area contributed by atoms with Crippen molar-refractivity contribution in [2.75, 3.05) is 5.32 Å². The standard InChI is InChI=1S/C14H13NOS/c17-14(15-13-9-5-2-6-10-13)16-11-12-7-3-1-4-8-12/h1-10H,11H2,(H,15,17). The summed E-state index contributed by atoms with van der Waals surface area (Å²) in [5.74, 6) is 0. The molecule has 2 aromatic carbocycles. The summed E-state index contributed by atoms with van der Waals surface area (Å²) in [5, 5.41) is 3.41. The Morgan fingerprint density at radius 3 is 2.18 bits per heavy atom. The highest BCUT2D eigenvalue weighted by Crippen LogP contribution is 2.07. The molecule has 0 saturated carbocycles. The Morgan fingerprint density at radius 1 is 0.941 bits per heavy atom. The van der Waals surface area contributed by atoms with Gasteiger partial charge >= 0.3 is 0 Å². The van der Waals surface area contributed by atoms with Crippen molar-refractivity contribution < 1.29 is 4.74 Å². The van der Waals surface area contributed by atoms with E-state index in [2.05, 4.69) is 5.32 Å². The van der Waals surface area contributed by atoms with Gasteiger partial charge in [0.25, 0.3) is 5.17 Å². The molecule has 0 amide bonds. The van der Waals surface area contributed by atoms with E-state index >= 15 is 0 Å². The Balaban J connectivity index is 1.83. The molecule has 3 heteroatoms. The van der Waals surface area contributed by atoms with Gasteiger partial charge in [-0.15, -0.1) is 0 Å². The molecule has 17 heavy (non-hydrogen) atoms. The van der Waals surface area contributed by atoms with Gasteiger partial charge in [0.15, 0.2) is 0 Å². The van der Waals surface area contributed by atoms with Crippen LogP contribution in [-0.4, -0.2) is 5.17 Å². The molecule has 0 aliphatic rings. The number of nitrogens with one attached hydrogen (secondary N) is 1. The third-order valence-electron chi connectivity index (χ3n) is 2.23. The van der Waals surface area contributed by atoms with E-state index in [0.29, 0.717) is 11.8 Å². The Labute approximate surface area is 106 Å². The van der Waals surface area contributed by atoms with Crippen LogP contribution in [0.15, 0.2) is 60.7 Å². The lowest BCUT2D eigenvalue weighted by molar-refractivity contribution is 0.300. The zero-order valence-electron chi connectivity index (χ0n) is 9.30. The van der Waals surface area contributed by atoms with Crippen LogP contribution < -0.4 is 5.32 Å². The van der Waals surface area contributed by atoms with E-state index in [1.54, 1.807) is 0 Å². The van der Waals surface area contributed by atoms with E-state index in [-0.39, 0.29) is 0 Å². The second-order valence-corrected chi connectivity index (χ2v) is 3.92. The summed E-state index contributed by atoms with van der Waals surface area (Å²) in [6.07, 6.45) is 0. The summed E-state index contributed by atoms with van der Waals surface area (Å²) in [7, 11) is 0. The summed E-state index contributed by atoms with van der Waals surface area (Å²) >= 11 is 5.10. The summed E-state index contributed by atoms with van der Waals surface area (Å²) in [6.45, 7) is 0.486. The number of anilines is 1. The van der Waals surface area contributed by atoms with Crippen molar-refractivity contribution in [1.82, 2.24) is 0 Å². The van der Waals surface area contributed by atoms with Crippen molar-refractivity contribution in [2.45, 2.75) is 6.61 Å². The van der Waals surface area contributed by atoms with Crippen molar-refractivity contribution in [3.8, 4) is 0 Å². The lowest BCUT2D eigenvalue weighted by Crippen LogP contribution is -2.12. The van der Waals surface area contributed by atoms with Crippen LogP contribution in [-0.2, 0) is 11.3 Å². The molecule has 2 nitrogen and oxygen atoms in total. The number of hydrogen-bond acceptors (Lipinski definition) is 2. The average Bonchev–Trinajstić information content (AvgIpc) is 2.39. The summed E-state index contributed by atoms with van der Waals surface area (Å²) < 4.78 is 5.45. The fourth-order valence-corrected chi connectivity index (χ4v) is 1.58. The molecule has 2 aromatic rings. The predicted octanol–water partition coefficient (Wildman–Crippen LogP) is 3.60. The van der Waals surface area contributed by atoms with Crippen LogP contribution in [0, 0.1) is 0 Å². The average molecular weight is 243 g/mol. The molecule has 0 heterocycles. The van der Waals surface area contributed by atoms with Crippen LogP contribution in [0.25, 0.3) is 0 Å². The number of ether oxygens (including phenoxy) is 1. The molecule has 0 saturated heterocycles. The monoisotopic (exact) mass is 243 g/mol. The smallest absolute Gasteiger partial charge is 0.261 e. The topological polar surface area (TPSA) is 21.3 Å². The lowest BCUT2D eigenvalue weighted by Gasteiger charge is -2.09. The first-order chi connectivity index (χ1) is 8.34. The highest BCUT2D eigenvalue weighted by atomic mass is 32.1. The van der Waals surface area contributed by atoms with Crippen molar-refractivity contribution in [1.29, 1.82) is 0 Å². The summed E-state index contributed by atoms with van der Waals surface area (Å²) in [4.78, 5) is 0. The highest BCUT2D eigenvalue weighted by molar-refractivity contribution is 7.80. The van der Waals surface area contributed by atoms with Crippen LogP contribution in [0.2, 0.25) is 0 Å². The quantitative estimate of drug-likeness (QED) is 0.832. The number of benzene rings is 2. The van der Waals surface area contributed by atoms with Crippen LogP contribution in [0.3, 0.4) is 0 Å². The third kappa shape index (κ3) is 3.89. The van der Waals surface area contributed by atoms with E-state index in [1.165, 1.54) is 0 Å². The Kier molecular flexibility index (Phi) is 4.11. The van der Waals surface area contributed by atoms with Crippen molar-refractivity contribution in [2.24, 2.45) is 0 Å². The Morgan fingerprint density at radius 2 is 1.53 bits per heavy atom. The number of rotatable bonds is 3. The van der Waals surface area contributed by atoms with E-state index < -0.39 is 0 Å². The largest absolute Gasteiger partial charge is 0.466 e. The fourth-order valence-electron chi connectivity index (χ4n) is 1.40. The second-order valence-electron chi connectivity index (χ2n) is 3.55. The minimum Gasteiger partial charge on any atom is -0.466 e. The van der Waals surface area contributed by atoms with Crippen LogP contribution in [0.1, 0.15) is 5.56 Å². The van der Waals surface area contributed by atoms with Gasteiger partial charge in [-0.2, -0.15) is 0 Å².